The van der Waals surface area contributed by atoms with Crippen molar-refractivity contribution in [2.75, 3.05) is 26.3 Å². The van der Waals surface area contributed by atoms with E-state index in [0.717, 1.165) is 18.5 Å². The molecule has 2 fully saturated rings. The molecule has 21 heavy (non-hydrogen) atoms. The lowest BCUT2D eigenvalue weighted by Gasteiger charge is -2.46. The monoisotopic (exact) mass is 289 g/mol. The lowest BCUT2D eigenvalue weighted by molar-refractivity contribution is -0.225. The van der Waals surface area contributed by atoms with Gasteiger partial charge in [-0.2, -0.15) is 0 Å². The zero-order valence-corrected chi connectivity index (χ0v) is 12.7. The van der Waals surface area contributed by atoms with Crippen LogP contribution in [-0.4, -0.2) is 48.8 Å². The number of hydrogen-bond acceptors (Lipinski definition) is 4. The summed E-state index contributed by atoms with van der Waals surface area (Å²) in [5.74, 6) is 0.0322. The Hall–Kier alpha value is -1.23. The van der Waals surface area contributed by atoms with E-state index in [-0.39, 0.29) is 17.7 Å². The number of ketones is 1. The van der Waals surface area contributed by atoms with Gasteiger partial charge in [0, 0.05) is 30.5 Å². The summed E-state index contributed by atoms with van der Waals surface area (Å²) >= 11 is 0. The number of piperidine rings is 1. The Labute approximate surface area is 126 Å². The van der Waals surface area contributed by atoms with E-state index >= 15 is 0 Å². The Balaban J connectivity index is 1.66. The van der Waals surface area contributed by atoms with Gasteiger partial charge in [-0.1, -0.05) is 37.3 Å². The van der Waals surface area contributed by atoms with Gasteiger partial charge in [0.2, 0.25) is 0 Å². The maximum atomic E-state index is 12.4. The highest BCUT2D eigenvalue weighted by atomic mass is 16.7. The highest BCUT2D eigenvalue weighted by Gasteiger charge is 2.48. The van der Waals surface area contributed by atoms with Crippen molar-refractivity contribution >= 4 is 5.78 Å². The van der Waals surface area contributed by atoms with Gasteiger partial charge in [-0.3, -0.25) is 9.69 Å². The third-order valence-corrected chi connectivity index (χ3v) is 4.68. The van der Waals surface area contributed by atoms with Crippen LogP contribution in [0.3, 0.4) is 0 Å². The predicted molar refractivity (Wildman–Crippen MR) is 80.2 cm³/mol. The van der Waals surface area contributed by atoms with Crippen LogP contribution in [0.15, 0.2) is 30.3 Å². The molecule has 2 unspecified atom stereocenters. The zero-order chi connectivity index (χ0) is 14.9. The minimum atomic E-state index is -0.425. The summed E-state index contributed by atoms with van der Waals surface area (Å²) in [5.41, 5.74) is 0.783. The highest BCUT2D eigenvalue weighted by Crippen LogP contribution is 2.38. The van der Waals surface area contributed by atoms with E-state index in [2.05, 4.69) is 18.7 Å². The molecule has 0 amide bonds. The van der Waals surface area contributed by atoms with Crippen molar-refractivity contribution in [2.24, 2.45) is 5.92 Å². The number of benzene rings is 1. The van der Waals surface area contributed by atoms with Crippen molar-refractivity contribution in [3.05, 3.63) is 35.9 Å². The maximum absolute atomic E-state index is 12.4. The van der Waals surface area contributed by atoms with Crippen molar-refractivity contribution in [1.29, 1.82) is 0 Å². The number of nitrogens with zero attached hydrogens (tertiary/aromatic N) is 1. The average Bonchev–Trinajstić information content (AvgIpc) is 2.95. The summed E-state index contributed by atoms with van der Waals surface area (Å²) in [6, 6.07) is 9.79. The number of likely N-dealkylation sites (tertiary alicyclic amines) is 1. The van der Waals surface area contributed by atoms with E-state index in [1.165, 1.54) is 0 Å². The largest absolute Gasteiger partial charge is 0.347 e. The molecule has 1 spiro atoms. The Morgan fingerprint density at radius 2 is 1.90 bits per heavy atom. The van der Waals surface area contributed by atoms with E-state index in [0.29, 0.717) is 19.8 Å². The second-order valence-electron chi connectivity index (χ2n) is 6.18. The van der Waals surface area contributed by atoms with Crippen LogP contribution in [-0.2, 0) is 9.47 Å². The van der Waals surface area contributed by atoms with E-state index in [9.17, 15) is 4.79 Å². The molecule has 0 radical (unpaired) electrons. The Kier molecular flexibility index (Phi) is 4.11. The second kappa shape index (κ2) is 5.87. The van der Waals surface area contributed by atoms with E-state index in [4.69, 9.17) is 9.47 Å². The van der Waals surface area contributed by atoms with Crippen LogP contribution in [0.25, 0.3) is 0 Å². The first kappa shape index (κ1) is 14.7. The van der Waals surface area contributed by atoms with Crippen molar-refractivity contribution in [3.8, 4) is 0 Å². The van der Waals surface area contributed by atoms with Crippen LogP contribution < -0.4 is 0 Å². The third-order valence-electron chi connectivity index (χ3n) is 4.68. The van der Waals surface area contributed by atoms with Gasteiger partial charge in [-0.15, -0.1) is 0 Å². The molecular formula is C17H23NO3. The molecule has 2 heterocycles. The van der Waals surface area contributed by atoms with Crippen LogP contribution in [0.4, 0.5) is 0 Å². The molecule has 114 valence electrons. The number of carbonyl (C=O) groups is 1. The molecule has 0 N–H and O–H groups in total. The van der Waals surface area contributed by atoms with E-state index in [1.54, 1.807) is 0 Å². The van der Waals surface area contributed by atoms with Crippen LogP contribution in [0.2, 0.25) is 0 Å². The molecule has 0 aliphatic carbocycles. The first-order chi connectivity index (χ1) is 10.1. The predicted octanol–water partition coefficient (Wildman–Crippen LogP) is 2.34. The minimum absolute atomic E-state index is 0.179. The maximum Gasteiger partial charge on any atom is 0.176 e. The quantitative estimate of drug-likeness (QED) is 0.801. The molecule has 2 saturated heterocycles. The van der Waals surface area contributed by atoms with E-state index in [1.807, 2.05) is 30.3 Å². The van der Waals surface area contributed by atoms with Crippen molar-refractivity contribution < 1.29 is 14.3 Å². The molecule has 2 aliphatic rings. The summed E-state index contributed by atoms with van der Waals surface area (Å²) in [5, 5.41) is 0. The van der Waals surface area contributed by atoms with Crippen LogP contribution in [0, 0.1) is 5.92 Å². The normalized spacial score (nSPS) is 28.9. The van der Waals surface area contributed by atoms with Crippen LogP contribution in [0.5, 0.6) is 0 Å². The second-order valence-corrected chi connectivity index (χ2v) is 6.18. The Bertz CT molecular complexity index is 496. The Morgan fingerprint density at radius 3 is 2.57 bits per heavy atom. The molecule has 4 heteroatoms. The molecule has 0 bridgehead atoms. The SMILES string of the molecule is CC1CC2(OCCO2)C(C)CN1CC(=O)c1ccccc1. The molecule has 4 nitrogen and oxygen atoms in total. The number of ether oxygens (including phenoxy) is 2. The molecule has 3 rings (SSSR count). The highest BCUT2D eigenvalue weighted by molar-refractivity contribution is 5.97. The van der Waals surface area contributed by atoms with Gasteiger partial charge in [0.05, 0.1) is 19.8 Å². The van der Waals surface area contributed by atoms with Gasteiger partial charge in [0.1, 0.15) is 0 Å². The third kappa shape index (κ3) is 2.89. The molecule has 0 saturated carbocycles. The van der Waals surface area contributed by atoms with Gasteiger partial charge in [-0.25, -0.2) is 0 Å². The van der Waals surface area contributed by atoms with Crippen molar-refractivity contribution in [1.82, 2.24) is 4.90 Å². The van der Waals surface area contributed by atoms with Gasteiger partial charge in [0.15, 0.2) is 11.6 Å². The lowest BCUT2D eigenvalue weighted by atomic mass is 9.87. The summed E-state index contributed by atoms with van der Waals surface area (Å²) in [6.07, 6.45) is 0.830. The van der Waals surface area contributed by atoms with Gasteiger partial charge in [0.25, 0.3) is 0 Å². The molecule has 0 aromatic heterocycles. The molecule has 2 atom stereocenters. The number of hydrogen-bond donors (Lipinski definition) is 0. The fourth-order valence-electron chi connectivity index (χ4n) is 3.41. The van der Waals surface area contributed by atoms with Crippen molar-refractivity contribution in [2.45, 2.75) is 32.1 Å². The molecule has 2 aliphatic heterocycles. The number of rotatable bonds is 3. The number of Topliss-reactive ketones (excluding diaryl/α,β-unsaturated/α-hetero) is 1. The summed E-state index contributed by atoms with van der Waals surface area (Å²) in [6.45, 7) is 6.96. The van der Waals surface area contributed by atoms with Crippen LogP contribution >= 0.6 is 0 Å². The topological polar surface area (TPSA) is 38.8 Å². The van der Waals surface area contributed by atoms with E-state index < -0.39 is 5.79 Å². The minimum Gasteiger partial charge on any atom is -0.347 e. The molecule has 1 aromatic carbocycles. The lowest BCUT2D eigenvalue weighted by Crippen LogP contribution is -2.56. The van der Waals surface area contributed by atoms with Crippen molar-refractivity contribution in [3.63, 3.8) is 0 Å². The van der Waals surface area contributed by atoms with Gasteiger partial charge >= 0.3 is 0 Å². The van der Waals surface area contributed by atoms with Crippen LogP contribution in [0.1, 0.15) is 30.6 Å². The number of carbonyl (C=O) groups excluding carboxylic acids is 1. The summed E-state index contributed by atoms with van der Waals surface area (Å²) < 4.78 is 11.7. The fraction of sp³-hybridized carbons (Fsp3) is 0.588. The standard InChI is InChI=1S/C17H23NO3/c1-13-11-18(12-16(19)15-6-4-3-5-7-15)14(2)10-17(13)20-8-9-21-17/h3-7,13-14H,8-12H2,1-2H3. The fourth-order valence-corrected chi connectivity index (χ4v) is 3.41. The average molecular weight is 289 g/mol. The first-order valence-electron chi connectivity index (χ1n) is 7.71. The Morgan fingerprint density at radius 1 is 1.24 bits per heavy atom. The molecular weight excluding hydrogens is 266 g/mol. The first-order valence-corrected chi connectivity index (χ1v) is 7.71. The smallest absolute Gasteiger partial charge is 0.176 e. The van der Waals surface area contributed by atoms with Gasteiger partial charge < -0.3 is 9.47 Å². The molecule has 1 aromatic rings. The summed E-state index contributed by atoms with van der Waals surface area (Å²) in [7, 11) is 0. The zero-order valence-electron chi connectivity index (χ0n) is 12.7. The summed E-state index contributed by atoms with van der Waals surface area (Å²) in [4.78, 5) is 14.6. The van der Waals surface area contributed by atoms with Gasteiger partial charge in [-0.05, 0) is 6.92 Å².